The molecule has 0 bridgehead atoms. The van der Waals surface area contributed by atoms with E-state index in [0.29, 0.717) is 6.54 Å². The first-order chi connectivity index (χ1) is 10.1. The lowest BCUT2D eigenvalue weighted by atomic mass is 9.89. The molecule has 1 aromatic carbocycles. The zero-order valence-electron chi connectivity index (χ0n) is 12.8. The zero-order chi connectivity index (χ0) is 14.8. The molecule has 2 fully saturated rings. The van der Waals surface area contributed by atoms with Crippen LogP contribution in [-0.4, -0.2) is 43.5 Å². The molecule has 2 unspecified atom stereocenters. The molecule has 0 aromatic heterocycles. The van der Waals surface area contributed by atoms with Crippen molar-refractivity contribution in [1.82, 2.24) is 10.2 Å². The van der Waals surface area contributed by atoms with Gasteiger partial charge in [0.2, 0.25) is 5.91 Å². The summed E-state index contributed by atoms with van der Waals surface area (Å²) in [5, 5.41) is 6.46. The second-order valence-electron chi connectivity index (χ2n) is 6.23. The fraction of sp³-hybridized carbons (Fsp3) is 0.562. The minimum atomic E-state index is 0. The van der Waals surface area contributed by atoms with Crippen molar-refractivity contribution in [2.45, 2.75) is 13.3 Å². The first kappa shape index (κ1) is 17.7. The van der Waals surface area contributed by atoms with E-state index < -0.39 is 0 Å². The largest absolute Gasteiger partial charge is 0.324 e. The summed E-state index contributed by atoms with van der Waals surface area (Å²) >= 11 is 3.50. The molecular formula is C16H23BrClN3O. The zero-order valence-corrected chi connectivity index (χ0v) is 15.2. The highest BCUT2D eigenvalue weighted by molar-refractivity contribution is 9.10. The molecular weight excluding hydrogens is 366 g/mol. The maximum atomic E-state index is 12.2. The average molecular weight is 389 g/mol. The van der Waals surface area contributed by atoms with Crippen molar-refractivity contribution in [3.63, 3.8) is 0 Å². The number of halogens is 2. The molecule has 2 aliphatic rings. The monoisotopic (exact) mass is 387 g/mol. The van der Waals surface area contributed by atoms with E-state index in [0.717, 1.165) is 48.2 Å². The van der Waals surface area contributed by atoms with E-state index >= 15 is 0 Å². The summed E-state index contributed by atoms with van der Waals surface area (Å²) in [5.74, 6) is 1.61. The van der Waals surface area contributed by atoms with Gasteiger partial charge in [0.15, 0.2) is 0 Å². The van der Waals surface area contributed by atoms with Crippen molar-refractivity contribution in [2.75, 3.05) is 38.0 Å². The van der Waals surface area contributed by atoms with Crippen LogP contribution in [0.1, 0.15) is 12.0 Å². The smallest absolute Gasteiger partial charge is 0.238 e. The minimum absolute atomic E-state index is 0. The van der Waals surface area contributed by atoms with Gasteiger partial charge in [0.25, 0.3) is 0 Å². The van der Waals surface area contributed by atoms with Crippen LogP contribution in [0.15, 0.2) is 22.7 Å². The molecule has 1 amide bonds. The maximum Gasteiger partial charge on any atom is 0.238 e. The van der Waals surface area contributed by atoms with E-state index in [2.05, 4.69) is 31.5 Å². The van der Waals surface area contributed by atoms with Crippen LogP contribution in [0.5, 0.6) is 0 Å². The van der Waals surface area contributed by atoms with Crippen LogP contribution >= 0.6 is 28.3 Å². The number of benzene rings is 1. The summed E-state index contributed by atoms with van der Waals surface area (Å²) in [6.07, 6.45) is 1.21. The normalized spacial score (nSPS) is 24.5. The molecule has 22 heavy (non-hydrogen) atoms. The topological polar surface area (TPSA) is 44.4 Å². The summed E-state index contributed by atoms with van der Waals surface area (Å²) in [5.41, 5.74) is 2.03. The molecule has 2 heterocycles. The Balaban J connectivity index is 0.00000176. The van der Waals surface area contributed by atoms with E-state index in [1.54, 1.807) is 0 Å². The van der Waals surface area contributed by atoms with Gasteiger partial charge in [-0.1, -0.05) is 6.07 Å². The Morgan fingerprint density at radius 2 is 2.18 bits per heavy atom. The third-order valence-corrected chi connectivity index (χ3v) is 5.21. The number of hydrogen-bond donors (Lipinski definition) is 2. The first-order valence-electron chi connectivity index (χ1n) is 7.61. The third kappa shape index (κ3) is 4.22. The molecule has 6 heteroatoms. The highest BCUT2D eigenvalue weighted by Crippen LogP contribution is 2.27. The van der Waals surface area contributed by atoms with E-state index in [9.17, 15) is 4.79 Å². The molecule has 4 nitrogen and oxygen atoms in total. The number of anilines is 1. The standard InChI is InChI=1S/C16H22BrN3O.ClH/c1-11-2-3-15(14(17)6-11)19-16(21)10-20-5-4-12-7-18-8-13(12)9-20;/h2-3,6,12-13,18H,4-5,7-10H2,1H3,(H,19,21);1H. The predicted octanol–water partition coefficient (Wildman–Crippen LogP) is 2.66. The van der Waals surface area contributed by atoms with Gasteiger partial charge in [-0.25, -0.2) is 0 Å². The molecule has 0 spiro atoms. The van der Waals surface area contributed by atoms with Gasteiger partial charge >= 0.3 is 0 Å². The predicted molar refractivity (Wildman–Crippen MR) is 95.7 cm³/mol. The molecule has 2 N–H and O–H groups in total. The van der Waals surface area contributed by atoms with E-state index in [4.69, 9.17) is 0 Å². The van der Waals surface area contributed by atoms with Crippen molar-refractivity contribution in [3.05, 3.63) is 28.2 Å². The number of carbonyl (C=O) groups excluding carboxylic acids is 1. The van der Waals surface area contributed by atoms with Crippen molar-refractivity contribution >= 4 is 39.9 Å². The molecule has 0 radical (unpaired) electrons. The second kappa shape index (κ2) is 7.77. The van der Waals surface area contributed by atoms with Crippen LogP contribution in [0.4, 0.5) is 5.69 Å². The highest BCUT2D eigenvalue weighted by Gasteiger charge is 2.33. The summed E-state index contributed by atoms with van der Waals surface area (Å²) in [6.45, 7) is 6.86. The summed E-state index contributed by atoms with van der Waals surface area (Å²) in [7, 11) is 0. The number of rotatable bonds is 3. The minimum Gasteiger partial charge on any atom is -0.324 e. The van der Waals surface area contributed by atoms with Gasteiger partial charge in [-0.05, 0) is 78.4 Å². The fourth-order valence-corrected chi connectivity index (χ4v) is 3.96. The van der Waals surface area contributed by atoms with Crippen LogP contribution in [0.25, 0.3) is 0 Å². The molecule has 3 rings (SSSR count). The molecule has 2 saturated heterocycles. The Bertz CT molecular complexity index is 540. The van der Waals surface area contributed by atoms with Crippen LogP contribution in [0, 0.1) is 18.8 Å². The van der Waals surface area contributed by atoms with Crippen LogP contribution in [0.2, 0.25) is 0 Å². The average Bonchev–Trinajstić information content (AvgIpc) is 2.89. The van der Waals surface area contributed by atoms with Crippen molar-refractivity contribution in [3.8, 4) is 0 Å². The SMILES string of the molecule is Cc1ccc(NC(=O)CN2CCC3CNCC3C2)c(Br)c1.Cl. The van der Waals surface area contributed by atoms with Gasteiger partial charge < -0.3 is 10.6 Å². The highest BCUT2D eigenvalue weighted by atomic mass is 79.9. The Labute approximate surface area is 146 Å². The van der Waals surface area contributed by atoms with Gasteiger partial charge in [0.1, 0.15) is 0 Å². The van der Waals surface area contributed by atoms with E-state index in [1.165, 1.54) is 12.0 Å². The Hall–Kier alpha value is -0.620. The Kier molecular flexibility index (Phi) is 6.26. The quantitative estimate of drug-likeness (QED) is 0.837. The lowest BCUT2D eigenvalue weighted by molar-refractivity contribution is -0.117. The Morgan fingerprint density at radius 1 is 1.41 bits per heavy atom. The molecule has 2 aliphatic heterocycles. The van der Waals surface area contributed by atoms with Gasteiger partial charge in [0, 0.05) is 11.0 Å². The van der Waals surface area contributed by atoms with Crippen molar-refractivity contribution in [1.29, 1.82) is 0 Å². The molecule has 2 atom stereocenters. The molecule has 122 valence electrons. The van der Waals surface area contributed by atoms with E-state index in [1.807, 2.05) is 25.1 Å². The molecule has 1 aromatic rings. The summed E-state index contributed by atoms with van der Waals surface area (Å²) < 4.78 is 0.939. The number of likely N-dealkylation sites (tertiary alicyclic amines) is 1. The van der Waals surface area contributed by atoms with Gasteiger partial charge in [0.05, 0.1) is 12.2 Å². The van der Waals surface area contributed by atoms with E-state index in [-0.39, 0.29) is 18.3 Å². The van der Waals surface area contributed by atoms with Crippen LogP contribution in [-0.2, 0) is 4.79 Å². The lowest BCUT2D eigenvalue weighted by Gasteiger charge is -2.33. The van der Waals surface area contributed by atoms with Crippen LogP contribution in [0.3, 0.4) is 0 Å². The number of aryl methyl sites for hydroxylation is 1. The Morgan fingerprint density at radius 3 is 2.95 bits per heavy atom. The summed E-state index contributed by atoms with van der Waals surface area (Å²) in [6, 6.07) is 5.98. The number of carbonyl (C=O) groups is 1. The summed E-state index contributed by atoms with van der Waals surface area (Å²) in [4.78, 5) is 14.5. The van der Waals surface area contributed by atoms with Gasteiger partial charge in [-0.2, -0.15) is 0 Å². The molecule has 0 saturated carbocycles. The maximum absolute atomic E-state index is 12.2. The molecule has 0 aliphatic carbocycles. The number of hydrogen-bond acceptors (Lipinski definition) is 3. The number of fused-ring (bicyclic) bond motifs is 1. The first-order valence-corrected chi connectivity index (χ1v) is 8.40. The lowest BCUT2D eigenvalue weighted by Crippen LogP contribution is -2.43. The number of nitrogens with zero attached hydrogens (tertiary/aromatic N) is 1. The van der Waals surface area contributed by atoms with Gasteiger partial charge in [-0.3, -0.25) is 9.69 Å². The third-order valence-electron chi connectivity index (χ3n) is 4.55. The fourth-order valence-electron chi connectivity index (χ4n) is 3.37. The number of piperidine rings is 1. The number of nitrogens with one attached hydrogen (secondary N) is 2. The van der Waals surface area contributed by atoms with Gasteiger partial charge in [-0.15, -0.1) is 12.4 Å². The van der Waals surface area contributed by atoms with Crippen molar-refractivity contribution in [2.24, 2.45) is 11.8 Å². The van der Waals surface area contributed by atoms with Crippen LogP contribution < -0.4 is 10.6 Å². The van der Waals surface area contributed by atoms with Crippen molar-refractivity contribution < 1.29 is 4.79 Å². The number of amides is 1. The second-order valence-corrected chi connectivity index (χ2v) is 7.09.